The fraction of sp³-hybridized carbons (Fsp3) is 0.917. The summed E-state index contributed by atoms with van der Waals surface area (Å²) in [6.07, 6.45) is 3.69. The van der Waals surface area contributed by atoms with Gasteiger partial charge in [0.2, 0.25) is 5.91 Å². The molecule has 2 fully saturated rings. The molecule has 2 rings (SSSR count). The second-order valence-corrected chi connectivity index (χ2v) is 5.39. The molecule has 1 amide bonds. The van der Waals surface area contributed by atoms with Gasteiger partial charge in [0, 0.05) is 25.6 Å². The molecule has 16 heavy (non-hydrogen) atoms. The van der Waals surface area contributed by atoms with Crippen LogP contribution in [0, 0.1) is 11.3 Å². The van der Waals surface area contributed by atoms with Crippen molar-refractivity contribution in [2.75, 3.05) is 26.8 Å². The van der Waals surface area contributed by atoms with E-state index in [9.17, 15) is 4.79 Å². The summed E-state index contributed by atoms with van der Waals surface area (Å²) in [4.78, 5) is 13.8. The molecule has 0 unspecified atom stereocenters. The first-order valence-electron chi connectivity index (χ1n) is 6.12. The van der Waals surface area contributed by atoms with E-state index in [1.807, 2.05) is 4.90 Å². The van der Waals surface area contributed by atoms with Crippen LogP contribution in [0.25, 0.3) is 0 Å². The Labute approximate surface area is 97.1 Å². The summed E-state index contributed by atoms with van der Waals surface area (Å²) in [5.41, 5.74) is 5.88. The lowest BCUT2D eigenvalue weighted by atomic mass is 9.82. The van der Waals surface area contributed by atoms with E-state index in [4.69, 9.17) is 10.5 Å². The number of nitrogens with two attached hydrogens (primary N) is 1. The summed E-state index contributed by atoms with van der Waals surface area (Å²) in [7, 11) is 1.75. The van der Waals surface area contributed by atoms with E-state index in [0.29, 0.717) is 5.92 Å². The van der Waals surface area contributed by atoms with Gasteiger partial charge in [-0.3, -0.25) is 4.79 Å². The molecule has 0 aromatic carbocycles. The van der Waals surface area contributed by atoms with Crippen LogP contribution < -0.4 is 5.73 Å². The standard InChI is InChI=1S/C12H22N2O2/c1-9(13)11(15)14-6-10-4-3-5-12(10,7-14)8-16-2/h9-10H,3-8,13H2,1-2H3/t9-,10-,12-/m1/s1. The second-order valence-electron chi connectivity index (χ2n) is 5.39. The fourth-order valence-corrected chi connectivity index (χ4v) is 3.39. The highest BCUT2D eigenvalue weighted by Gasteiger charge is 2.50. The first-order chi connectivity index (χ1) is 7.59. The normalized spacial score (nSPS) is 35.2. The topological polar surface area (TPSA) is 55.6 Å². The molecule has 1 saturated heterocycles. The summed E-state index contributed by atoms with van der Waals surface area (Å²) in [6.45, 7) is 4.26. The van der Waals surface area contributed by atoms with Gasteiger partial charge in [-0.05, 0) is 25.7 Å². The van der Waals surface area contributed by atoms with Crippen molar-refractivity contribution < 1.29 is 9.53 Å². The molecule has 4 heteroatoms. The lowest BCUT2D eigenvalue weighted by molar-refractivity contribution is -0.131. The minimum absolute atomic E-state index is 0.0879. The number of hydrogen-bond acceptors (Lipinski definition) is 3. The number of amides is 1. The Morgan fingerprint density at radius 3 is 3.06 bits per heavy atom. The van der Waals surface area contributed by atoms with Gasteiger partial charge < -0.3 is 15.4 Å². The van der Waals surface area contributed by atoms with Gasteiger partial charge in [-0.2, -0.15) is 0 Å². The summed E-state index contributed by atoms with van der Waals surface area (Å²) >= 11 is 0. The number of nitrogens with zero attached hydrogens (tertiary/aromatic N) is 1. The predicted molar refractivity (Wildman–Crippen MR) is 61.9 cm³/mol. The molecule has 0 spiro atoms. The number of hydrogen-bond donors (Lipinski definition) is 1. The third kappa shape index (κ3) is 1.84. The smallest absolute Gasteiger partial charge is 0.239 e. The quantitative estimate of drug-likeness (QED) is 0.767. The second kappa shape index (κ2) is 4.34. The van der Waals surface area contributed by atoms with Crippen molar-refractivity contribution in [2.45, 2.75) is 32.2 Å². The van der Waals surface area contributed by atoms with Crippen LogP contribution in [0.4, 0.5) is 0 Å². The fourth-order valence-electron chi connectivity index (χ4n) is 3.39. The molecule has 4 nitrogen and oxygen atoms in total. The molecule has 1 saturated carbocycles. The first kappa shape index (κ1) is 11.9. The molecule has 0 aromatic rings. The SMILES string of the molecule is COC[C@]12CCC[C@@H]1CN(C(=O)[C@@H](C)N)C2. The van der Waals surface area contributed by atoms with E-state index in [-0.39, 0.29) is 17.4 Å². The molecule has 0 radical (unpaired) electrons. The molecule has 1 aliphatic carbocycles. The maximum atomic E-state index is 11.9. The molecule has 2 N–H and O–H groups in total. The van der Waals surface area contributed by atoms with Crippen LogP contribution in [-0.4, -0.2) is 43.7 Å². The number of fused-ring (bicyclic) bond motifs is 1. The van der Waals surface area contributed by atoms with Crippen molar-refractivity contribution in [2.24, 2.45) is 17.1 Å². The van der Waals surface area contributed by atoms with Gasteiger partial charge in [0.1, 0.15) is 0 Å². The summed E-state index contributed by atoms with van der Waals surface area (Å²) < 4.78 is 5.35. The minimum atomic E-state index is -0.376. The molecule has 2 aliphatic rings. The van der Waals surface area contributed by atoms with Gasteiger partial charge >= 0.3 is 0 Å². The highest BCUT2D eigenvalue weighted by Crippen LogP contribution is 2.48. The third-order valence-corrected chi connectivity index (χ3v) is 4.17. The summed E-state index contributed by atoms with van der Waals surface area (Å²) in [5, 5.41) is 0. The Hall–Kier alpha value is -0.610. The maximum Gasteiger partial charge on any atom is 0.239 e. The van der Waals surface area contributed by atoms with E-state index in [2.05, 4.69) is 0 Å². The van der Waals surface area contributed by atoms with Gasteiger partial charge in [0.15, 0.2) is 0 Å². The summed E-state index contributed by atoms with van der Waals surface area (Å²) in [5.74, 6) is 0.708. The zero-order valence-corrected chi connectivity index (χ0v) is 10.2. The molecular formula is C12H22N2O2. The van der Waals surface area contributed by atoms with Crippen LogP contribution in [0.15, 0.2) is 0 Å². The molecule has 1 aliphatic heterocycles. The number of ether oxygens (including phenoxy) is 1. The largest absolute Gasteiger partial charge is 0.384 e. The number of likely N-dealkylation sites (tertiary alicyclic amines) is 1. The van der Waals surface area contributed by atoms with Gasteiger partial charge in [-0.25, -0.2) is 0 Å². The van der Waals surface area contributed by atoms with E-state index in [1.165, 1.54) is 19.3 Å². The molecule has 1 heterocycles. The number of carbonyl (C=O) groups excluding carboxylic acids is 1. The van der Waals surface area contributed by atoms with Gasteiger partial charge in [-0.1, -0.05) is 6.42 Å². The van der Waals surface area contributed by atoms with Crippen molar-refractivity contribution in [3.8, 4) is 0 Å². The van der Waals surface area contributed by atoms with Crippen molar-refractivity contribution in [1.82, 2.24) is 4.90 Å². The van der Waals surface area contributed by atoms with Crippen LogP contribution in [0.3, 0.4) is 0 Å². The first-order valence-corrected chi connectivity index (χ1v) is 6.12. The van der Waals surface area contributed by atoms with E-state index >= 15 is 0 Å². The Morgan fingerprint density at radius 1 is 1.69 bits per heavy atom. The van der Waals surface area contributed by atoms with Crippen molar-refractivity contribution in [1.29, 1.82) is 0 Å². The Kier molecular flexibility index (Phi) is 3.22. The molecular weight excluding hydrogens is 204 g/mol. The zero-order chi connectivity index (χ0) is 11.8. The lowest BCUT2D eigenvalue weighted by Crippen LogP contribution is -2.42. The van der Waals surface area contributed by atoms with Crippen LogP contribution in [0.5, 0.6) is 0 Å². The van der Waals surface area contributed by atoms with E-state index < -0.39 is 0 Å². The lowest BCUT2D eigenvalue weighted by Gasteiger charge is -2.28. The average Bonchev–Trinajstić information content (AvgIpc) is 2.73. The van der Waals surface area contributed by atoms with Crippen molar-refractivity contribution in [3.63, 3.8) is 0 Å². The monoisotopic (exact) mass is 226 g/mol. The van der Waals surface area contributed by atoms with Gasteiger partial charge in [0.05, 0.1) is 12.6 Å². The Bertz CT molecular complexity index is 280. The average molecular weight is 226 g/mol. The molecule has 0 aromatic heterocycles. The number of rotatable bonds is 3. The maximum absolute atomic E-state index is 11.9. The number of methoxy groups -OCH3 is 1. The molecule has 3 atom stereocenters. The molecule has 92 valence electrons. The van der Waals surface area contributed by atoms with Crippen molar-refractivity contribution >= 4 is 5.91 Å². The highest BCUT2D eigenvalue weighted by molar-refractivity contribution is 5.81. The zero-order valence-electron chi connectivity index (χ0n) is 10.2. The van der Waals surface area contributed by atoms with Crippen LogP contribution in [0.1, 0.15) is 26.2 Å². The van der Waals surface area contributed by atoms with Crippen LogP contribution >= 0.6 is 0 Å². The predicted octanol–water partition coefficient (Wildman–Crippen LogP) is 0.609. The van der Waals surface area contributed by atoms with Crippen LogP contribution in [0.2, 0.25) is 0 Å². The van der Waals surface area contributed by atoms with E-state index in [1.54, 1.807) is 14.0 Å². The summed E-state index contributed by atoms with van der Waals surface area (Å²) in [6, 6.07) is -0.376. The van der Waals surface area contributed by atoms with Crippen molar-refractivity contribution in [3.05, 3.63) is 0 Å². The van der Waals surface area contributed by atoms with Gasteiger partial charge in [-0.15, -0.1) is 0 Å². The number of carbonyl (C=O) groups is 1. The minimum Gasteiger partial charge on any atom is -0.384 e. The third-order valence-electron chi connectivity index (χ3n) is 4.17. The Balaban J connectivity index is 2.07. The van der Waals surface area contributed by atoms with Gasteiger partial charge in [0.25, 0.3) is 0 Å². The van der Waals surface area contributed by atoms with Crippen LogP contribution in [-0.2, 0) is 9.53 Å². The van der Waals surface area contributed by atoms with E-state index in [0.717, 1.165) is 19.7 Å². The highest BCUT2D eigenvalue weighted by atomic mass is 16.5. The molecule has 0 bridgehead atoms. The Morgan fingerprint density at radius 2 is 2.44 bits per heavy atom.